The average molecular weight is 228 g/mol. The highest BCUT2D eigenvalue weighted by Crippen LogP contribution is 2.10. The first-order valence-corrected chi connectivity index (χ1v) is 5.36. The lowest BCUT2D eigenvalue weighted by Gasteiger charge is -2.10. The van der Waals surface area contributed by atoms with Crippen LogP contribution in [0.25, 0.3) is 0 Å². The van der Waals surface area contributed by atoms with Crippen LogP contribution in [0.15, 0.2) is 12.3 Å². The van der Waals surface area contributed by atoms with Crippen molar-refractivity contribution in [1.29, 1.82) is 0 Å². The Balaban J connectivity index is 3.62. The molecule has 0 fully saturated rings. The van der Waals surface area contributed by atoms with E-state index in [-0.39, 0.29) is 18.4 Å². The van der Waals surface area contributed by atoms with Gasteiger partial charge in [-0.1, -0.05) is 19.9 Å². The van der Waals surface area contributed by atoms with E-state index in [0.717, 1.165) is 25.7 Å². The van der Waals surface area contributed by atoms with Crippen molar-refractivity contribution in [2.75, 3.05) is 6.54 Å². The molecule has 0 aliphatic rings. The molecule has 0 saturated carbocycles. The molecule has 0 spiro atoms. The number of carboxylic acid groups (broad SMARTS) is 1. The van der Waals surface area contributed by atoms with Crippen LogP contribution in [0.5, 0.6) is 0 Å². The molecule has 5 nitrogen and oxygen atoms in total. The van der Waals surface area contributed by atoms with Crippen LogP contribution in [0.2, 0.25) is 0 Å². The SMILES string of the molecule is C=C(N)CCCC[C@@H](C)C(=O)NCC(=O)O. The minimum absolute atomic E-state index is 0.162. The van der Waals surface area contributed by atoms with Crippen molar-refractivity contribution in [1.82, 2.24) is 5.32 Å². The molecule has 0 heterocycles. The van der Waals surface area contributed by atoms with Crippen molar-refractivity contribution in [3.05, 3.63) is 12.3 Å². The number of hydrogen-bond acceptors (Lipinski definition) is 3. The van der Waals surface area contributed by atoms with Crippen LogP contribution < -0.4 is 11.1 Å². The number of carbonyl (C=O) groups excluding carboxylic acids is 1. The Morgan fingerprint density at radius 2 is 2.06 bits per heavy atom. The molecule has 5 heteroatoms. The standard InChI is InChI=1S/C11H20N2O3/c1-8(5-3-4-6-9(2)12)11(16)13-7-10(14)15/h8H,2-7,12H2,1H3,(H,13,16)(H,14,15)/t8-/m1/s1. The maximum absolute atomic E-state index is 11.4. The van der Waals surface area contributed by atoms with E-state index in [9.17, 15) is 9.59 Å². The van der Waals surface area contributed by atoms with Gasteiger partial charge in [-0.2, -0.15) is 0 Å². The molecular formula is C11H20N2O3. The van der Waals surface area contributed by atoms with E-state index in [2.05, 4.69) is 11.9 Å². The van der Waals surface area contributed by atoms with Gasteiger partial charge in [-0.3, -0.25) is 9.59 Å². The van der Waals surface area contributed by atoms with Gasteiger partial charge >= 0.3 is 5.97 Å². The molecule has 92 valence electrons. The second kappa shape index (κ2) is 7.73. The predicted octanol–water partition coefficient (Wildman–Crippen LogP) is 0.856. The molecule has 0 aliphatic carbocycles. The smallest absolute Gasteiger partial charge is 0.322 e. The Kier molecular flexibility index (Phi) is 7.00. The number of allylic oxidation sites excluding steroid dienone is 1. The van der Waals surface area contributed by atoms with Crippen LogP contribution in [0.4, 0.5) is 0 Å². The molecule has 0 rings (SSSR count). The summed E-state index contributed by atoms with van der Waals surface area (Å²) in [6, 6.07) is 0. The van der Waals surface area contributed by atoms with Gasteiger partial charge in [-0.25, -0.2) is 0 Å². The normalized spacial score (nSPS) is 11.8. The molecule has 1 amide bonds. The molecule has 0 unspecified atom stereocenters. The molecule has 0 aromatic rings. The van der Waals surface area contributed by atoms with E-state index >= 15 is 0 Å². The second-order valence-corrected chi connectivity index (χ2v) is 3.92. The third-order valence-electron chi connectivity index (χ3n) is 2.25. The molecule has 0 aromatic heterocycles. The summed E-state index contributed by atoms with van der Waals surface area (Å²) in [5.74, 6) is -1.40. The van der Waals surface area contributed by atoms with Crippen LogP contribution in [0.3, 0.4) is 0 Å². The quantitative estimate of drug-likeness (QED) is 0.537. The number of unbranched alkanes of at least 4 members (excludes halogenated alkanes) is 1. The highest BCUT2D eigenvalue weighted by atomic mass is 16.4. The lowest BCUT2D eigenvalue weighted by molar-refractivity contribution is -0.138. The van der Waals surface area contributed by atoms with Crippen molar-refractivity contribution in [3.8, 4) is 0 Å². The Morgan fingerprint density at radius 3 is 2.56 bits per heavy atom. The predicted molar refractivity (Wildman–Crippen MR) is 61.6 cm³/mol. The van der Waals surface area contributed by atoms with Crippen molar-refractivity contribution in [3.63, 3.8) is 0 Å². The zero-order valence-electron chi connectivity index (χ0n) is 9.66. The van der Waals surface area contributed by atoms with E-state index in [4.69, 9.17) is 10.8 Å². The monoisotopic (exact) mass is 228 g/mol. The van der Waals surface area contributed by atoms with E-state index in [1.807, 2.05) is 0 Å². The number of nitrogens with one attached hydrogen (secondary N) is 1. The van der Waals surface area contributed by atoms with Crippen LogP contribution in [-0.4, -0.2) is 23.5 Å². The van der Waals surface area contributed by atoms with Gasteiger partial charge in [0.25, 0.3) is 0 Å². The van der Waals surface area contributed by atoms with Gasteiger partial charge in [-0.05, 0) is 19.3 Å². The number of hydrogen-bond donors (Lipinski definition) is 3. The molecule has 0 saturated heterocycles. The first kappa shape index (κ1) is 14.5. The molecule has 0 aromatic carbocycles. The number of rotatable bonds is 8. The Hall–Kier alpha value is -1.52. The summed E-state index contributed by atoms with van der Waals surface area (Å²) in [6.45, 7) is 5.06. The van der Waals surface area contributed by atoms with E-state index < -0.39 is 5.97 Å². The zero-order valence-corrected chi connectivity index (χ0v) is 9.66. The van der Waals surface area contributed by atoms with Crippen molar-refractivity contribution in [2.24, 2.45) is 11.7 Å². The van der Waals surface area contributed by atoms with Crippen molar-refractivity contribution < 1.29 is 14.7 Å². The highest BCUT2D eigenvalue weighted by molar-refractivity contribution is 5.82. The molecule has 0 aliphatic heterocycles. The molecule has 4 N–H and O–H groups in total. The van der Waals surface area contributed by atoms with E-state index in [1.165, 1.54) is 0 Å². The third kappa shape index (κ3) is 7.84. The molecular weight excluding hydrogens is 208 g/mol. The first-order valence-electron chi connectivity index (χ1n) is 5.36. The summed E-state index contributed by atoms with van der Waals surface area (Å²) in [6.07, 6.45) is 3.30. The van der Waals surface area contributed by atoms with Crippen LogP contribution in [0.1, 0.15) is 32.6 Å². The van der Waals surface area contributed by atoms with Crippen LogP contribution >= 0.6 is 0 Å². The fraction of sp³-hybridized carbons (Fsp3) is 0.636. The highest BCUT2D eigenvalue weighted by Gasteiger charge is 2.12. The van der Waals surface area contributed by atoms with E-state index in [0.29, 0.717) is 5.70 Å². The molecule has 0 radical (unpaired) electrons. The third-order valence-corrected chi connectivity index (χ3v) is 2.25. The summed E-state index contributed by atoms with van der Waals surface area (Å²) in [5.41, 5.74) is 6.07. The molecule has 0 bridgehead atoms. The minimum atomic E-state index is -1.03. The van der Waals surface area contributed by atoms with Crippen molar-refractivity contribution in [2.45, 2.75) is 32.6 Å². The summed E-state index contributed by atoms with van der Waals surface area (Å²) >= 11 is 0. The van der Waals surface area contributed by atoms with Gasteiger partial charge in [0, 0.05) is 11.6 Å². The average Bonchev–Trinajstić information content (AvgIpc) is 2.20. The lowest BCUT2D eigenvalue weighted by atomic mass is 10.0. The maximum Gasteiger partial charge on any atom is 0.322 e. The number of carboxylic acids is 1. The van der Waals surface area contributed by atoms with Crippen molar-refractivity contribution >= 4 is 11.9 Å². The van der Waals surface area contributed by atoms with Gasteiger partial charge < -0.3 is 16.2 Å². The summed E-state index contributed by atoms with van der Waals surface area (Å²) in [7, 11) is 0. The Bertz CT molecular complexity index is 264. The summed E-state index contributed by atoms with van der Waals surface area (Å²) < 4.78 is 0. The van der Waals surface area contributed by atoms with Crippen LogP contribution in [-0.2, 0) is 9.59 Å². The van der Waals surface area contributed by atoms with Gasteiger partial charge in [0.15, 0.2) is 0 Å². The number of aliphatic carboxylic acids is 1. The maximum atomic E-state index is 11.4. The minimum Gasteiger partial charge on any atom is -0.480 e. The van der Waals surface area contributed by atoms with Crippen LogP contribution in [0, 0.1) is 5.92 Å². The number of nitrogens with two attached hydrogens (primary N) is 1. The Labute approximate surface area is 95.7 Å². The zero-order chi connectivity index (χ0) is 12.6. The largest absolute Gasteiger partial charge is 0.480 e. The van der Waals surface area contributed by atoms with Gasteiger partial charge in [0.05, 0.1) is 0 Å². The molecule has 1 atom stereocenters. The molecule has 16 heavy (non-hydrogen) atoms. The number of carbonyl (C=O) groups is 2. The van der Waals surface area contributed by atoms with E-state index in [1.54, 1.807) is 6.92 Å². The van der Waals surface area contributed by atoms with Gasteiger partial charge in [0.2, 0.25) is 5.91 Å². The fourth-order valence-corrected chi connectivity index (χ4v) is 1.27. The topological polar surface area (TPSA) is 92.4 Å². The number of amides is 1. The summed E-state index contributed by atoms with van der Waals surface area (Å²) in [4.78, 5) is 21.6. The first-order chi connectivity index (χ1) is 7.43. The Morgan fingerprint density at radius 1 is 1.44 bits per heavy atom. The van der Waals surface area contributed by atoms with Gasteiger partial charge in [0.1, 0.15) is 6.54 Å². The lowest BCUT2D eigenvalue weighted by Crippen LogP contribution is -2.33. The summed E-state index contributed by atoms with van der Waals surface area (Å²) in [5, 5.41) is 10.7. The second-order valence-electron chi connectivity index (χ2n) is 3.92. The van der Waals surface area contributed by atoms with Gasteiger partial charge in [-0.15, -0.1) is 0 Å². The fourth-order valence-electron chi connectivity index (χ4n) is 1.27.